The SMILES string of the molecule is CC(C)(C)OC(=O)C[C@H](NC(=O)C1CCN(c2ncc3cc(F)ccc3n2)CC1)C(=O)COc1c(F)c(F)cc(F)c1F. The molecule has 0 saturated carbocycles. The number of Topliss-reactive ketones (excluding diaryl/α,β-unsaturated/α-hetero) is 1. The molecule has 0 spiro atoms. The van der Waals surface area contributed by atoms with Crippen molar-refractivity contribution in [1.82, 2.24) is 15.3 Å². The standard InChI is InChI=1S/C29H29F5N4O5/c1-29(2,3)43-23(40)12-21(22(39)14-42-26-24(33)18(31)11-19(32)25(26)34)36-27(41)15-6-8-38(9-7-15)28-35-13-16-10-17(30)4-5-20(16)37-28/h4-5,10-11,13,15,21H,6-9,12,14H2,1-3H3,(H,36,41)/t21-/m0/s1. The van der Waals surface area contributed by atoms with Crippen LogP contribution in [0.5, 0.6) is 5.75 Å². The van der Waals surface area contributed by atoms with Crippen molar-refractivity contribution in [3.05, 3.63) is 59.5 Å². The van der Waals surface area contributed by atoms with Crippen LogP contribution < -0.4 is 15.0 Å². The molecule has 1 aromatic heterocycles. The second kappa shape index (κ2) is 12.9. The van der Waals surface area contributed by atoms with E-state index in [9.17, 15) is 36.3 Å². The number of carbonyl (C=O) groups is 3. The molecule has 0 bridgehead atoms. The average molecular weight is 609 g/mol. The van der Waals surface area contributed by atoms with Gasteiger partial charge in [-0.1, -0.05) is 0 Å². The van der Waals surface area contributed by atoms with Gasteiger partial charge in [-0.3, -0.25) is 14.4 Å². The van der Waals surface area contributed by atoms with Gasteiger partial charge in [-0.2, -0.15) is 8.78 Å². The topological polar surface area (TPSA) is 111 Å². The van der Waals surface area contributed by atoms with E-state index in [4.69, 9.17) is 9.47 Å². The first-order valence-electron chi connectivity index (χ1n) is 13.4. The van der Waals surface area contributed by atoms with Gasteiger partial charge in [0.25, 0.3) is 0 Å². The predicted molar refractivity (Wildman–Crippen MR) is 144 cm³/mol. The Bertz CT molecular complexity index is 1510. The number of hydrogen-bond donors (Lipinski definition) is 1. The Morgan fingerprint density at radius 1 is 1.02 bits per heavy atom. The van der Waals surface area contributed by atoms with E-state index in [1.54, 1.807) is 20.8 Å². The summed E-state index contributed by atoms with van der Waals surface area (Å²) >= 11 is 0. The number of benzene rings is 2. The van der Waals surface area contributed by atoms with Crippen LogP contribution in [0.4, 0.5) is 27.9 Å². The van der Waals surface area contributed by atoms with Crippen molar-refractivity contribution in [2.24, 2.45) is 5.92 Å². The zero-order chi connectivity index (χ0) is 31.5. The quantitative estimate of drug-likeness (QED) is 0.216. The summed E-state index contributed by atoms with van der Waals surface area (Å²) in [5, 5.41) is 3.02. The Morgan fingerprint density at radius 2 is 1.67 bits per heavy atom. The first-order valence-corrected chi connectivity index (χ1v) is 13.4. The van der Waals surface area contributed by atoms with Crippen LogP contribution in [0.2, 0.25) is 0 Å². The zero-order valence-electron chi connectivity index (χ0n) is 23.6. The van der Waals surface area contributed by atoms with E-state index in [-0.39, 0.29) is 6.07 Å². The molecule has 1 aliphatic heterocycles. The van der Waals surface area contributed by atoms with Crippen molar-refractivity contribution >= 4 is 34.5 Å². The number of aromatic nitrogens is 2. The number of ether oxygens (including phenoxy) is 2. The number of anilines is 1. The number of ketones is 1. The number of nitrogens with one attached hydrogen (secondary N) is 1. The van der Waals surface area contributed by atoms with Crippen LogP contribution in [-0.4, -0.2) is 59.0 Å². The van der Waals surface area contributed by atoms with Crippen molar-refractivity contribution in [2.45, 2.75) is 51.7 Å². The van der Waals surface area contributed by atoms with E-state index in [0.29, 0.717) is 42.8 Å². The molecule has 1 aliphatic rings. The fourth-order valence-electron chi connectivity index (χ4n) is 4.50. The summed E-state index contributed by atoms with van der Waals surface area (Å²) < 4.78 is 78.5. The van der Waals surface area contributed by atoms with Crippen molar-refractivity contribution < 1.29 is 45.8 Å². The molecule has 3 aromatic rings. The molecule has 2 aromatic carbocycles. The Morgan fingerprint density at radius 3 is 2.30 bits per heavy atom. The molecule has 1 saturated heterocycles. The van der Waals surface area contributed by atoms with Gasteiger partial charge in [0.05, 0.1) is 11.9 Å². The molecule has 2 heterocycles. The van der Waals surface area contributed by atoms with Gasteiger partial charge in [0.2, 0.25) is 23.5 Å². The second-order valence-electron chi connectivity index (χ2n) is 11.0. The van der Waals surface area contributed by atoms with E-state index >= 15 is 0 Å². The summed E-state index contributed by atoms with van der Waals surface area (Å²) in [6.07, 6.45) is 1.54. The van der Waals surface area contributed by atoms with Crippen LogP contribution in [-0.2, 0) is 19.1 Å². The number of hydrogen-bond acceptors (Lipinski definition) is 8. The van der Waals surface area contributed by atoms with E-state index in [1.165, 1.54) is 24.4 Å². The fraction of sp³-hybridized carbons (Fsp3) is 0.414. The third-order valence-corrected chi connectivity index (χ3v) is 6.60. The Hall–Kier alpha value is -4.36. The Labute approximate surface area is 243 Å². The summed E-state index contributed by atoms with van der Waals surface area (Å²) in [4.78, 5) is 49.2. The number of nitrogens with zero attached hydrogens (tertiary/aromatic N) is 3. The lowest BCUT2D eigenvalue weighted by Gasteiger charge is -2.32. The van der Waals surface area contributed by atoms with Gasteiger partial charge >= 0.3 is 5.97 Å². The maximum atomic E-state index is 14.0. The van der Waals surface area contributed by atoms with Crippen LogP contribution in [0.3, 0.4) is 0 Å². The molecule has 1 amide bonds. The van der Waals surface area contributed by atoms with Gasteiger partial charge in [-0.15, -0.1) is 0 Å². The molecular formula is C29H29F5N4O5. The number of piperidine rings is 1. The third kappa shape index (κ3) is 7.93. The molecule has 14 heteroatoms. The number of halogens is 5. The lowest BCUT2D eigenvalue weighted by Crippen LogP contribution is -2.49. The summed E-state index contributed by atoms with van der Waals surface area (Å²) in [5.74, 6) is -11.6. The highest BCUT2D eigenvalue weighted by Gasteiger charge is 2.32. The van der Waals surface area contributed by atoms with Crippen LogP contribution in [0, 0.1) is 35.0 Å². The molecule has 4 rings (SSSR count). The molecule has 1 fully saturated rings. The Kier molecular flexibility index (Phi) is 9.46. The van der Waals surface area contributed by atoms with E-state index in [2.05, 4.69) is 15.3 Å². The third-order valence-electron chi connectivity index (χ3n) is 6.60. The summed E-state index contributed by atoms with van der Waals surface area (Å²) in [6.45, 7) is 4.44. The fourth-order valence-corrected chi connectivity index (χ4v) is 4.50. The molecular weight excluding hydrogens is 579 g/mol. The number of amides is 1. The monoisotopic (exact) mass is 608 g/mol. The van der Waals surface area contributed by atoms with Crippen molar-refractivity contribution in [2.75, 3.05) is 24.6 Å². The molecule has 1 N–H and O–H groups in total. The molecule has 230 valence electrons. The minimum atomic E-state index is -1.84. The molecule has 43 heavy (non-hydrogen) atoms. The maximum Gasteiger partial charge on any atom is 0.308 e. The molecule has 0 unspecified atom stereocenters. The summed E-state index contributed by atoms with van der Waals surface area (Å²) in [7, 11) is 0. The van der Waals surface area contributed by atoms with E-state index in [1.807, 2.05) is 4.90 Å². The van der Waals surface area contributed by atoms with Gasteiger partial charge in [0.15, 0.2) is 23.2 Å². The van der Waals surface area contributed by atoms with Crippen LogP contribution in [0.1, 0.15) is 40.0 Å². The largest absolute Gasteiger partial charge is 0.479 e. The first-order chi connectivity index (χ1) is 20.2. The molecule has 1 atom stereocenters. The highest BCUT2D eigenvalue weighted by atomic mass is 19.2. The lowest BCUT2D eigenvalue weighted by molar-refractivity contribution is -0.156. The van der Waals surface area contributed by atoms with E-state index in [0.717, 1.165) is 0 Å². The maximum absolute atomic E-state index is 14.0. The van der Waals surface area contributed by atoms with Gasteiger partial charge in [-0.25, -0.2) is 23.1 Å². The van der Waals surface area contributed by atoms with Gasteiger partial charge in [0.1, 0.15) is 24.1 Å². The zero-order valence-corrected chi connectivity index (χ0v) is 23.6. The van der Waals surface area contributed by atoms with E-state index < -0.39 is 83.1 Å². The first kappa shape index (κ1) is 31.6. The highest BCUT2D eigenvalue weighted by Crippen LogP contribution is 2.27. The van der Waals surface area contributed by atoms with Crippen LogP contribution in [0.15, 0.2) is 30.5 Å². The predicted octanol–water partition coefficient (Wildman–Crippen LogP) is 4.41. The van der Waals surface area contributed by atoms with Gasteiger partial charge in [-0.05, 0) is 51.8 Å². The minimum absolute atomic E-state index is 0.0105. The lowest BCUT2D eigenvalue weighted by atomic mass is 9.95. The number of fused-ring (bicyclic) bond motifs is 1. The smallest absolute Gasteiger partial charge is 0.308 e. The Balaban J connectivity index is 1.42. The minimum Gasteiger partial charge on any atom is -0.479 e. The second-order valence-corrected chi connectivity index (χ2v) is 11.0. The summed E-state index contributed by atoms with van der Waals surface area (Å²) in [5.41, 5.74) is -0.361. The highest BCUT2D eigenvalue weighted by molar-refractivity contribution is 5.93. The molecule has 9 nitrogen and oxygen atoms in total. The van der Waals surface area contributed by atoms with Crippen molar-refractivity contribution in [3.63, 3.8) is 0 Å². The summed E-state index contributed by atoms with van der Waals surface area (Å²) in [6, 6.07) is 2.62. The van der Waals surface area contributed by atoms with Crippen LogP contribution in [0.25, 0.3) is 10.9 Å². The number of esters is 1. The number of rotatable bonds is 9. The van der Waals surface area contributed by atoms with Gasteiger partial charge in [0, 0.05) is 36.7 Å². The molecule has 0 aliphatic carbocycles. The van der Waals surface area contributed by atoms with Crippen molar-refractivity contribution in [1.29, 1.82) is 0 Å². The van der Waals surface area contributed by atoms with Crippen LogP contribution >= 0.6 is 0 Å². The molecule has 0 radical (unpaired) electrons. The normalized spacial score (nSPS) is 14.8. The average Bonchev–Trinajstić information content (AvgIpc) is 2.94. The van der Waals surface area contributed by atoms with Gasteiger partial charge < -0.3 is 19.7 Å². The number of carbonyl (C=O) groups excluding carboxylic acids is 3. The van der Waals surface area contributed by atoms with Crippen molar-refractivity contribution in [3.8, 4) is 5.75 Å².